The van der Waals surface area contributed by atoms with Gasteiger partial charge in [0.05, 0.1) is 6.20 Å². The molecule has 3 rings (SSSR count). The molecule has 0 radical (unpaired) electrons. The van der Waals surface area contributed by atoms with E-state index in [9.17, 15) is 9.18 Å². The first-order valence-corrected chi connectivity index (χ1v) is 8.15. The van der Waals surface area contributed by atoms with Crippen molar-refractivity contribution in [1.82, 2.24) is 4.98 Å². The first-order chi connectivity index (χ1) is 11.6. The second-order valence-corrected chi connectivity index (χ2v) is 6.10. The zero-order chi connectivity index (χ0) is 16.9. The van der Waals surface area contributed by atoms with Crippen LogP contribution in [0.25, 0.3) is 11.3 Å². The first-order valence-electron chi connectivity index (χ1n) is 7.36. The number of amides is 1. The van der Waals surface area contributed by atoms with E-state index < -0.39 is 0 Å². The molecule has 2 aromatic carbocycles. The Kier molecular flexibility index (Phi) is 5.05. The molecule has 0 aliphatic rings. The van der Waals surface area contributed by atoms with Crippen LogP contribution in [0.2, 0.25) is 0 Å². The topological polar surface area (TPSA) is 55.1 Å². The summed E-state index contributed by atoms with van der Waals surface area (Å²) in [6.45, 7) is 0. The van der Waals surface area contributed by atoms with Crippen LogP contribution in [0.3, 0.4) is 0 Å². The molecule has 0 fully saturated rings. The van der Waals surface area contributed by atoms with Crippen molar-refractivity contribution in [3.63, 3.8) is 0 Å². The van der Waals surface area contributed by atoms with E-state index in [4.69, 9.17) is 4.42 Å². The highest BCUT2D eigenvalue weighted by molar-refractivity contribution is 9.10. The van der Waals surface area contributed by atoms with Crippen molar-refractivity contribution in [2.45, 2.75) is 12.8 Å². The van der Waals surface area contributed by atoms with Crippen LogP contribution in [0.5, 0.6) is 0 Å². The normalized spacial score (nSPS) is 10.6. The summed E-state index contributed by atoms with van der Waals surface area (Å²) in [6, 6.07) is 13.4. The zero-order valence-corrected chi connectivity index (χ0v) is 14.2. The molecule has 1 heterocycles. The number of aromatic nitrogens is 1. The van der Waals surface area contributed by atoms with Gasteiger partial charge in [-0.15, -0.1) is 0 Å². The number of rotatable bonds is 5. The van der Waals surface area contributed by atoms with Crippen molar-refractivity contribution in [2.24, 2.45) is 0 Å². The van der Waals surface area contributed by atoms with Gasteiger partial charge in [-0.1, -0.05) is 22.0 Å². The number of carbonyl (C=O) groups is 1. The third kappa shape index (κ3) is 4.29. The van der Waals surface area contributed by atoms with Crippen LogP contribution < -0.4 is 5.32 Å². The lowest BCUT2D eigenvalue weighted by Crippen LogP contribution is -2.12. The fourth-order valence-corrected chi connectivity index (χ4v) is 2.58. The lowest BCUT2D eigenvalue weighted by atomic mass is 10.2. The number of oxazole rings is 1. The number of hydrogen-bond acceptors (Lipinski definition) is 3. The van der Waals surface area contributed by atoms with Gasteiger partial charge in [0.15, 0.2) is 11.7 Å². The lowest BCUT2D eigenvalue weighted by Gasteiger charge is -2.04. The Morgan fingerprint density at radius 2 is 2.00 bits per heavy atom. The van der Waals surface area contributed by atoms with Gasteiger partial charge in [-0.05, 0) is 42.5 Å². The maximum absolute atomic E-state index is 12.9. The van der Waals surface area contributed by atoms with Gasteiger partial charge >= 0.3 is 0 Å². The van der Waals surface area contributed by atoms with Crippen molar-refractivity contribution in [1.29, 1.82) is 0 Å². The molecule has 0 saturated carbocycles. The van der Waals surface area contributed by atoms with Crippen molar-refractivity contribution < 1.29 is 13.6 Å². The molecule has 0 spiro atoms. The summed E-state index contributed by atoms with van der Waals surface area (Å²) in [4.78, 5) is 16.1. The van der Waals surface area contributed by atoms with E-state index in [-0.39, 0.29) is 18.1 Å². The van der Waals surface area contributed by atoms with E-state index in [1.807, 2.05) is 24.3 Å². The predicted octanol–water partition coefficient (Wildman–Crippen LogP) is 4.81. The number of nitrogens with zero attached hydrogens (tertiary/aromatic N) is 1. The maximum Gasteiger partial charge on any atom is 0.224 e. The fraction of sp³-hybridized carbons (Fsp3) is 0.111. The minimum absolute atomic E-state index is 0.116. The molecule has 0 bridgehead atoms. The Labute approximate surface area is 146 Å². The van der Waals surface area contributed by atoms with Crippen molar-refractivity contribution in [3.8, 4) is 11.3 Å². The molecule has 0 aliphatic carbocycles. The fourth-order valence-electron chi connectivity index (χ4n) is 2.18. The Morgan fingerprint density at radius 3 is 2.75 bits per heavy atom. The second kappa shape index (κ2) is 7.40. The van der Waals surface area contributed by atoms with Crippen molar-refractivity contribution >= 4 is 27.5 Å². The van der Waals surface area contributed by atoms with Crippen molar-refractivity contribution in [2.75, 3.05) is 5.32 Å². The third-order valence-corrected chi connectivity index (χ3v) is 3.85. The molecule has 0 aliphatic heterocycles. The van der Waals surface area contributed by atoms with Crippen LogP contribution in [0.4, 0.5) is 10.1 Å². The largest absolute Gasteiger partial charge is 0.441 e. The summed E-state index contributed by atoms with van der Waals surface area (Å²) in [5, 5.41) is 2.82. The molecule has 6 heteroatoms. The Balaban J connectivity index is 1.57. The Hall–Kier alpha value is -2.47. The van der Waals surface area contributed by atoms with E-state index in [1.165, 1.54) is 12.1 Å². The highest BCUT2D eigenvalue weighted by Crippen LogP contribution is 2.21. The van der Waals surface area contributed by atoms with E-state index >= 15 is 0 Å². The number of aryl methyl sites for hydroxylation is 1. The lowest BCUT2D eigenvalue weighted by molar-refractivity contribution is -0.116. The van der Waals surface area contributed by atoms with Crippen molar-refractivity contribution in [3.05, 3.63) is 70.9 Å². The van der Waals surface area contributed by atoms with Crippen LogP contribution in [0.1, 0.15) is 12.3 Å². The van der Waals surface area contributed by atoms with E-state index in [0.29, 0.717) is 18.1 Å². The molecule has 4 nitrogen and oxygen atoms in total. The van der Waals surface area contributed by atoms with Crippen LogP contribution in [-0.4, -0.2) is 10.9 Å². The highest BCUT2D eigenvalue weighted by Gasteiger charge is 2.09. The van der Waals surface area contributed by atoms with Crippen LogP contribution >= 0.6 is 15.9 Å². The van der Waals surface area contributed by atoms with Gasteiger partial charge in [0, 0.05) is 28.6 Å². The summed E-state index contributed by atoms with van der Waals surface area (Å²) in [7, 11) is 0. The average Bonchev–Trinajstić information content (AvgIpc) is 3.03. The predicted molar refractivity (Wildman–Crippen MR) is 93.0 cm³/mol. The Morgan fingerprint density at radius 1 is 1.21 bits per heavy atom. The van der Waals surface area contributed by atoms with Gasteiger partial charge in [-0.2, -0.15) is 0 Å². The third-order valence-electron chi connectivity index (χ3n) is 3.36. The molecule has 0 atom stereocenters. The number of nitrogens with one attached hydrogen (secondary N) is 1. The molecule has 24 heavy (non-hydrogen) atoms. The van der Waals surface area contributed by atoms with E-state index in [1.54, 1.807) is 18.3 Å². The molecular formula is C18H14BrFN2O2. The number of benzene rings is 2. The van der Waals surface area contributed by atoms with Gasteiger partial charge < -0.3 is 9.73 Å². The van der Waals surface area contributed by atoms with Crippen LogP contribution in [-0.2, 0) is 11.2 Å². The average molecular weight is 389 g/mol. The number of anilines is 1. The molecule has 3 aromatic rings. The zero-order valence-electron chi connectivity index (χ0n) is 12.6. The SMILES string of the molecule is O=C(CCc1ncc(-c2ccc(F)cc2)o1)Nc1cccc(Br)c1. The molecule has 0 unspecified atom stereocenters. The summed E-state index contributed by atoms with van der Waals surface area (Å²) >= 11 is 3.36. The molecule has 1 N–H and O–H groups in total. The van der Waals surface area contributed by atoms with Gasteiger partial charge in [0.25, 0.3) is 0 Å². The van der Waals surface area contributed by atoms with Crippen LogP contribution in [0.15, 0.2) is 63.6 Å². The van der Waals surface area contributed by atoms with Crippen LogP contribution in [0, 0.1) is 5.82 Å². The summed E-state index contributed by atoms with van der Waals surface area (Å²) < 4.78 is 19.4. The minimum Gasteiger partial charge on any atom is -0.441 e. The summed E-state index contributed by atoms with van der Waals surface area (Å²) in [5.41, 5.74) is 1.47. The molecule has 0 saturated heterocycles. The summed E-state index contributed by atoms with van der Waals surface area (Å²) in [5.74, 6) is 0.605. The first kappa shape index (κ1) is 16.4. The molecule has 122 valence electrons. The second-order valence-electron chi connectivity index (χ2n) is 5.18. The van der Waals surface area contributed by atoms with Gasteiger partial charge in [-0.3, -0.25) is 4.79 Å². The Bertz CT molecular complexity index is 846. The number of carbonyl (C=O) groups excluding carboxylic acids is 1. The smallest absolute Gasteiger partial charge is 0.224 e. The maximum atomic E-state index is 12.9. The van der Waals surface area contributed by atoms with Gasteiger partial charge in [0.1, 0.15) is 5.82 Å². The number of halogens is 2. The van der Waals surface area contributed by atoms with Gasteiger partial charge in [0.2, 0.25) is 5.91 Å². The summed E-state index contributed by atoms with van der Waals surface area (Å²) in [6.07, 6.45) is 2.23. The molecular weight excluding hydrogens is 375 g/mol. The van der Waals surface area contributed by atoms with E-state index in [0.717, 1.165) is 15.7 Å². The molecule has 1 amide bonds. The molecule has 1 aromatic heterocycles. The monoisotopic (exact) mass is 388 g/mol. The quantitative estimate of drug-likeness (QED) is 0.681. The van der Waals surface area contributed by atoms with E-state index in [2.05, 4.69) is 26.2 Å². The highest BCUT2D eigenvalue weighted by atomic mass is 79.9. The minimum atomic E-state index is -0.303. The standard InChI is InChI=1S/C18H14BrFN2O2/c19-13-2-1-3-15(10-13)22-17(23)8-9-18-21-11-16(24-18)12-4-6-14(20)7-5-12/h1-7,10-11H,8-9H2,(H,22,23). The number of hydrogen-bond donors (Lipinski definition) is 1. The van der Waals surface area contributed by atoms with Gasteiger partial charge in [-0.25, -0.2) is 9.37 Å².